The predicted molar refractivity (Wildman–Crippen MR) is 61.3 cm³/mol. The van der Waals surface area contributed by atoms with E-state index in [0.717, 1.165) is 25.7 Å². The van der Waals surface area contributed by atoms with Crippen molar-refractivity contribution < 1.29 is 33.3 Å². The molecule has 0 bridgehead atoms. The topological polar surface area (TPSA) is 104 Å². The van der Waals surface area contributed by atoms with Crippen LogP contribution in [0.2, 0.25) is 0 Å². The molecule has 1 aliphatic rings. The van der Waals surface area contributed by atoms with Gasteiger partial charge < -0.3 is 21.1 Å². The van der Waals surface area contributed by atoms with Crippen molar-refractivity contribution in [2.24, 2.45) is 11.7 Å². The number of nitrogens with two attached hydrogens (primary N) is 1. The zero-order valence-electron chi connectivity index (χ0n) is 10.7. The van der Waals surface area contributed by atoms with Crippen LogP contribution in [0.15, 0.2) is 0 Å². The minimum Gasteiger partial charge on any atom is -0.475 e. The third-order valence-electron chi connectivity index (χ3n) is 3.17. The summed E-state index contributed by atoms with van der Waals surface area (Å²) in [4.78, 5) is 8.90. The molecule has 0 spiro atoms. The lowest BCUT2D eigenvalue weighted by atomic mass is 9.77. The summed E-state index contributed by atoms with van der Waals surface area (Å²) in [5.41, 5.74) is 5.21. The van der Waals surface area contributed by atoms with E-state index in [9.17, 15) is 18.3 Å². The van der Waals surface area contributed by atoms with Gasteiger partial charge in [0, 0.05) is 6.04 Å². The lowest BCUT2D eigenvalue weighted by Crippen LogP contribution is -2.40. The minimum absolute atomic E-state index is 0.0623. The fourth-order valence-corrected chi connectivity index (χ4v) is 1.84. The smallest absolute Gasteiger partial charge is 0.475 e. The first-order valence-corrected chi connectivity index (χ1v) is 5.88. The lowest BCUT2D eigenvalue weighted by Gasteiger charge is -2.35. The highest BCUT2D eigenvalue weighted by molar-refractivity contribution is 5.73. The van der Waals surface area contributed by atoms with Crippen LogP contribution in [0.5, 0.6) is 0 Å². The molecule has 1 fully saturated rings. The molecule has 0 amide bonds. The third-order valence-corrected chi connectivity index (χ3v) is 3.17. The summed E-state index contributed by atoms with van der Waals surface area (Å²) in [5, 5.41) is 25.6. The molecule has 5 N–H and O–H groups in total. The highest BCUT2D eigenvalue weighted by Gasteiger charge is 2.38. The molecule has 1 saturated carbocycles. The van der Waals surface area contributed by atoms with Gasteiger partial charge in [-0.1, -0.05) is 0 Å². The molecule has 5 nitrogen and oxygen atoms in total. The van der Waals surface area contributed by atoms with E-state index in [1.807, 2.05) is 6.92 Å². The van der Waals surface area contributed by atoms with Crippen LogP contribution in [0.3, 0.4) is 0 Å². The molecular formula is C11H20F3NO4. The van der Waals surface area contributed by atoms with Crippen LogP contribution in [-0.2, 0) is 4.79 Å². The van der Waals surface area contributed by atoms with Gasteiger partial charge in [-0.25, -0.2) is 4.79 Å². The Morgan fingerprint density at radius 3 is 2.05 bits per heavy atom. The number of carbonyl (C=O) groups is 1. The molecule has 0 aliphatic heterocycles. The summed E-state index contributed by atoms with van der Waals surface area (Å²) in [6.45, 7) is 1.93. The molecule has 1 atom stereocenters. The van der Waals surface area contributed by atoms with E-state index in [2.05, 4.69) is 0 Å². The highest BCUT2D eigenvalue weighted by atomic mass is 19.4. The molecule has 0 aromatic carbocycles. The zero-order valence-corrected chi connectivity index (χ0v) is 10.7. The van der Waals surface area contributed by atoms with Crippen LogP contribution in [0.1, 0.15) is 32.6 Å². The molecule has 1 unspecified atom stereocenters. The number of alkyl halides is 3. The maximum atomic E-state index is 10.6. The number of carboxylic acid groups (broad SMARTS) is 1. The third kappa shape index (κ3) is 7.34. The van der Waals surface area contributed by atoms with Crippen LogP contribution in [0.4, 0.5) is 13.2 Å². The summed E-state index contributed by atoms with van der Waals surface area (Å²) < 4.78 is 31.7. The summed E-state index contributed by atoms with van der Waals surface area (Å²) in [7, 11) is 0. The molecule has 1 aliphatic carbocycles. The van der Waals surface area contributed by atoms with E-state index in [-0.39, 0.29) is 12.6 Å². The quantitative estimate of drug-likeness (QED) is 0.603. The highest BCUT2D eigenvalue weighted by Crippen LogP contribution is 2.32. The van der Waals surface area contributed by atoms with Crippen molar-refractivity contribution in [1.82, 2.24) is 0 Å². The predicted octanol–water partition coefficient (Wildman–Crippen LogP) is 0.880. The van der Waals surface area contributed by atoms with Gasteiger partial charge in [0.05, 0.1) is 12.2 Å². The largest absolute Gasteiger partial charge is 0.490 e. The fraction of sp³-hybridized carbons (Fsp3) is 0.909. The van der Waals surface area contributed by atoms with Crippen LogP contribution >= 0.6 is 0 Å². The number of carboxylic acids is 1. The van der Waals surface area contributed by atoms with Gasteiger partial charge in [0.2, 0.25) is 0 Å². The van der Waals surface area contributed by atoms with E-state index in [1.165, 1.54) is 0 Å². The minimum atomic E-state index is -5.08. The van der Waals surface area contributed by atoms with Crippen molar-refractivity contribution in [3.05, 3.63) is 0 Å². The van der Waals surface area contributed by atoms with E-state index < -0.39 is 17.7 Å². The SMILES string of the molecule is CC1(O)CCC(C(N)CO)CC1.O=C(O)C(F)(F)F. The van der Waals surface area contributed by atoms with Crippen LogP contribution in [0.25, 0.3) is 0 Å². The van der Waals surface area contributed by atoms with Gasteiger partial charge in [0.25, 0.3) is 0 Å². The molecule has 0 saturated heterocycles. The fourth-order valence-electron chi connectivity index (χ4n) is 1.84. The Morgan fingerprint density at radius 2 is 1.79 bits per heavy atom. The Labute approximate surface area is 109 Å². The molecule has 8 heteroatoms. The second-order valence-electron chi connectivity index (χ2n) is 4.98. The first kappa shape index (κ1) is 18.1. The van der Waals surface area contributed by atoms with Gasteiger partial charge in [-0.15, -0.1) is 0 Å². The number of halogens is 3. The molecule has 114 valence electrons. The normalized spacial score (nSPS) is 29.1. The maximum Gasteiger partial charge on any atom is 0.490 e. The van der Waals surface area contributed by atoms with Crippen molar-refractivity contribution >= 4 is 5.97 Å². The first-order chi connectivity index (χ1) is 8.49. The van der Waals surface area contributed by atoms with Gasteiger partial charge in [-0.3, -0.25) is 0 Å². The molecule has 0 heterocycles. The summed E-state index contributed by atoms with van der Waals surface area (Å²) in [6, 6.07) is -0.0962. The van der Waals surface area contributed by atoms with Crippen molar-refractivity contribution in [3.8, 4) is 0 Å². The standard InChI is InChI=1S/C9H19NO2.C2HF3O2/c1-9(12)4-2-7(3-5-9)8(10)6-11;3-2(4,5)1(6)7/h7-8,11-12H,2-6,10H2,1H3;(H,6,7). The number of hydrogen-bond acceptors (Lipinski definition) is 4. The van der Waals surface area contributed by atoms with Crippen LogP contribution in [0, 0.1) is 5.92 Å². The number of aliphatic hydroxyl groups excluding tert-OH is 1. The van der Waals surface area contributed by atoms with E-state index >= 15 is 0 Å². The van der Waals surface area contributed by atoms with Gasteiger partial charge >= 0.3 is 12.1 Å². The summed E-state index contributed by atoms with van der Waals surface area (Å²) in [6.07, 6.45) is -1.58. The number of hydrogen-bond donors (Lipinski definition) is 4. The Hall–Kier alpha value is -0.860. The molecular weight excluding hydrogens is 267 g/mol. The van der Waals surface area contributed by atoms with Crippen molar-refractivity contribution in [2.75, 3.05) is 6.61 Å². The summed E-state index contributed by atoms with van der Waals surface area (Å²) >= 11 is 0. The summed E-state index contributed by atoms with van der Waals surface area (Å²) in [5.74, 6) is -2.36. The Balaban J connectivity index is 0.000000399. The number of aliphatic carboxylic acids is 1. The average Bonchev–Trinajstić information content (AvgIpc) is 2.27. The monoisotopic (exact) mass is 287 g/mol. The van der Waals surface area contributed by atoms with Gasteiger partial charge in [0.1, 0.15) is 0 Å². The van der Waals surface area contributed by atoms with Gasteiger partial charge in [0.15, 0.2) is 0 Å². The Bertz CT molecular complexity index is 284. The number of aliphatic hydroxyl groups is 2. The Kier molecular flexibility index (Phi) is 6.74. The maximum absolute atomic E-state index is 10.6. The second kappa shape index (κ2) is 7.06. The zero-order chi connectivity index (χ0) is 15.3. The van der Waals surface area contributed by atoms with Crippen LogP contribution in [-0.4, -0.2) is 45.7 Å². The van der Waals surface area contributed by atoms with Gasteiger partial charge in [-0.05, 0) is 38.5 Å². The molecule has 19 heavy (non-hydrogen) atoms. The Morgan fingerprint density at radius 1 is 1.42 bits per heavy atom. The van der Waals surface area contributed by atoms with E-state index in [1.54, 1.807) is 0 Å². The molecule has 1 rings (SSSR count). The van der Waals surface area contributed by atoms with E-state index in [4.69, 9.17) is 20.7 Å². The van der Waals surface area contributed by atoms with E-state index in [0.29, 0.717) is 5.92 Å². The number of rotatable bonds is 2. The average molecular weight is 287 g/mol. The van der Waals surface area contributed by atoms with Crippen molar-refractivity contribution in [1.29, 1.82) is 0 Å². The van der Waals surface area contributed by atoms with Gasteiger partial charge in [-0.2, -0.15) is 13.2 Å². The molecule has 0 aromatic heterocycles. The lowest BCUT2D eigenvalue weighted by molar-refractivity contribution is -0.192. The first-order valence-electron chi connectivity index (χ1n) is 5.88. The van der Waals surface area contributed by atoms with Crippen molar-refractivity contribution in [3.63, 3.8) is 0 Å². The second-order valence-corrected chi connectivity index (χ2v) is 4.98. The van der Waals surface area contributed by atoms with Crippen LogP contribution < -0.4 is 5.73 Å². The van der Waals surface area contributed by atoms with Crippen molar-refractivity contribution in [2.45, 2.75) is 50.4 Å². The molecule has 0 aromatic rings. The molecule has 0 radical (unpaired) electrons.